The first-order chi connectivity index (χ1) is 64.9. The van der Waals surface area contributed by atoms with E-state index in [1.165, 1.54) is 90.9 Å². The fraction of sp³-hybridized carbons (Fsp3) is 0.533. The molecule has 0 saturated carbocycles. The Morgan fingerprint density at radius 2 is 1.10 bits per heavy atom. The first-order valence-corrected chi connectivity index (χ1v) is 47.9. The van der Waals surface area contributed by atoms with Crippen molar-refractivity contribution in [3.63, 3.8) is 0 Å². The molecule has 22 N–H and O–H groups in total. The molecule has 3 fully saturated rings. The molecule has 3 aromatic carbocycles. The molecule has 0 radical (unpaired) electrons. The number of para-hydroxylation sites is 1. The number of aliphatic hydroxyl groups excluding tert-OH is 1. The second kappa shape index (κ2) is 51.4. The predicted molar refractivity (Wildman–Crippen MR) is 507 cm³/mol. The van der Waals surface area contributed by atoms with Gasteiger partial charge in [0, 0.05) is 100 Å². The van der Waals surface area contributed by atoms with Crippen molar-refractivity contribution in [1.82, 2.24) is 97.9 Å². The number of likely N-dealkylation sites (N-methyl/N-ethyl adjacent to an activating group) is 3. The molecule has 136 heavy (non-hydrogen) atoms. The van der Waals surface area contributed by atoms with Crippen molar-refractivity contribution in [2.75, 3.05) is 65.4 Å². The number of aliphatic hydroxyl groups is 1. The molecule has 1 unspecified atom stereocenters. The van der Waals surface area contributed by atoms with Gasteiger partial charge in [0.2, 0.25) is 100 Å². The highest BCUT2D eigenvalue weighted by atomic mass is 32.2. The molecule has 738 valence electrons. The minimum absolute atomic E-state index is 0.00259. The van der Waals surface area contributed by atoms with Crippen LogP contribution < -0.4 is 75.7 Å². The highest BCUT2D eigenvalue weighted by molar-refractivity contribution is 7.99. The molecule has 14 atom stereocenters. The molecule has 0 spiro atoms. The SMILES string of the molecule is CCCC[C@H]1C(=O)N(C)[C@@H](CCCC)C(=O)N[C@@H](CCCNC(=N)N)C(=O)NC(C(=O)NCC(N)=O)CCSCC(=O)N[C@@H](Cc2ccc(O)cc2)C(=O)N(C)[C@@H](C)C(=O)N[C@@H](CC(N)=O)C(=O)N2CCC[C@H]2C(=O)N[C@@H](Cc2cnc[nH]2)C(=O)N[C@@H](CC(C)C)C(=O)N2CCC[C@H]2C(=O)N[C@@H](Cc2c[nH]c3ccccc23)C(=O)N[C@@H](CO)C(=O)N[C@@H](Cc2csc3ccccc23)C(=O)N1C. The number of aromatic amines is 2. The van der Waals surface area contributed by atoms with Crippen molar-refractivity contribution in [1.29, 1.82) is 5.41 Å². The molecule has 44 heteroatoms. The number of aromatic nitrogens is 3. The summed E-state index contributed by atoms with van der Waals surface area (Å²) in [7, 11) is 3.99. The van der Waals surface area contributed by atoms with Crippen molar-refractivity contribution < 1.29 is 91.7 Å². The van der Waals surface area contributed by atoms with Gasteiger partial charge in [-0.25, -0.2) is 4.98 Å². The van der Waals surface area contributed by atoms with Crippen LogP contribution in [0, 0.1) is 11.3 Å². The Labute approximate surface area is 796 Å². The number of H-pyrrole nitrogens is 2. The van der Waals surface area contributed by atoms with E-state index in [2.05, 4.69) is 73.4 Å². The van der Waals surface area contributed by atoms with Crippen LogP contribution in [0.5, 0.6) is 5.75 Å². The van der Waals surface area contributed by atoms with Crippen molar-refractivity contribution in [3.05, 3.63) is 119 Å². The standard InChI is InChI=1S/C92H129N23O19S2/c1-9-11-24-70-84(127)104-61(23-17-34-98-92(95)96)80(123)103-62(79(122)100-46-76(94)119)33-37-135-49-77(120)102-66(39-53-29-31-57(117)32-30-53)87(130)111(6)52(5)78(121)107-68(43-75(93)118)90(133)115-36-19-27-72(115)86(129)106-64(42-56-45-97-50-101-56)82(125)108-65(38-51(3)4)89(132)114-35-18-26-71(114)85(128)105-63(40-54-44-99-60-22-15-13-20-58(54)60)81(124)110-69(47-116)83(126)109-67(41-55-48-136-74-28-16-14-21-59(55)74)88(131)113(8)73(25-12-10-2)91(134)112(70)7/h13-16,20-22,28-32,44-45,48,50-52,61-73,99,116-117H,9-12,17-19,23-27,33-43,46-47,49H2,1-8H3,(H2,93,118)(H2,94,119)(H,97,101)(H,100,122)(H,102,120)(H,103,123)(H,104,127)(H,105,128)(H,106,129)(H,107,121)(H,108,125)(H,109,126)(H,110,124)(H4,95,96,98)/t52-,61-,62?,63-,64-,65-,66-,67-,68-,69-,70-,71-,72-,73-/m0/s1. The number of phenols is 1. The molecular weight excluding hydrogens is 1800 g/mol. The van der Waals surface area contributed by atoms with Gasteiger partial charge in [0.05, 0.1) is 31.7 Å². The Morgan fingerprint density at radius 3 is 1.71 bits per heavy atom. The number of carbonyl (C=O) groups excluding carboxylic acids is 17. The minimum Gasteiger partial charge on any atom is -0.508 e. The molecule has 9 rings (SSSR count). The van der Waals surface area contributed by atoms with E-state index in [1.807, 2.05) is 37.4 Å². The number of benzene rings is 3. The second-order valence-electron chi connectivity index (χ2n) is 35.0. The number of aromatic hydroxyl groups is 1. The van der Waals surface area contributed by atoms with Gasteiger partial charge in [-0.05, 0) is 135 Å². The van der Waals surface area contributed by atoms with Crippen molar-refractivity contribution >= 4 is 150 Å². The summed E-state index contributed by atoms with van der Waals surface area (Å²) in [5.41, 5.74) is 19.4. The highest BCUT2D eigenvalue weighted by Gasteiger charge is 2.46. The first-order valence-electron chi connectivity index (χ1n) is 45.9. The number of phenolic OH excluding ortho intramolecular Hbond substituents is 1. The number of fused-ring (bicyclic) bond motifs is 4. The van der Waals surface area contributed by atoms with E-state index in [1.54, 1.807) is 50.4 Å². The predicted octanol–water partition coefficient (Wildman–Crippen LogP) is -0.776. The summed E-state index contributed by atoms with van der Waals surface area (Å²) in [4.78, 5) is 266. The summed E-state index contributed by atoms with van der Waals surface area (Å²) in [5, 5.41) is 62.1. The van der Waals surface area contributed by atoms with Crippen LogP contribution in [0.2, 0.25) is 0 Å². The van der Waals surface area contributed by atoms with Crippen LogP contribution in [0.25, 0.3) is 21.0 Å². The van der Waals surface area contributed by atoms with Gasteiger partial charge >= 0.3 is 0 Å². The smallest absolute Gasteiger partial charge is 0.246 e. The summed E-state index contributed by atoms with van der Waals surface area (Å²) in [6.07, 6.45) is 4.61. The number of unbranched alkanes of at least 4 members (excludes halogenated alkanes) is 2. The van der Waals surface area contributed by atoms with E-state index in [0.29, 0.717) is 59.0 Å². The largest absolute Gasteiger partial charge is 0.508 e. The lowest BCUT2D eigenvalue weighted by Gasteiger charge is -2.36. The van der Waals surface area contributed by atoms with Gasteiger partial charge in [0.25, 0.3) is 0 Å². The zero-order valence-electron chi connectivity index (χ0n) is 77.8. The van der Waals surface area contributed by atoms with Crippen LogP contribution in [0.15, 0.2) is 96.9 Å². The molecule has 3 aliphatic heterocycles. The van der Waals surface area contributed by atoms with Gasteiger partial charge in [-0.2, -0.15) is 11.8 Å². The van der Waals surface area contributed by atoms with Gasteiger partial charge in [-0.1, -0.05) is 102 Å². The quantitative estimate of drug-likeness (QED) is 0.0180. The van der Waals surface area contributed by atoms with Crippen LogP contribution in [0.3, 0.4) is 0 Å². The van der Waals surface area contributed by atoms with Crippen molar-refractivity contribution in [2.24, 2.45) is 23.1 Å². The van der Waals surface area contributed by atoms with Gasteiger partial charge in [-0.3, -0.25) is 86.9 Å². The number of nitrogens with zero attached hydrogens (tertiary/aromatic N) is 6. The number of primary amides is 2. The molecule has 6 aromatic rings. The van der Waals surface area contributed by atoms with Gasteiger partial charge in [-0.15, -0.1) is 11.3 Å². The maximum atomic E-state index is 15.8. The summed E-state index contributed by atoms with van der Waals surface area (Å²) >= 11 is 2.31. The Kier molecular flexibility index (Phi) is 40.3. The normalized spacial score (nSPS) is 24.2. The number of nitrogens with one attached hydrogen (secondary N) is 14. The van der Waals surface area contributed by atoms with Crippen molar-refractivity contribution in [3.8, 4) is 5.75 Å². The molecule has 0 aliphatic carbocycles. The minimum atomic E-state index is -1.84. The third-order valence-corrected chi connectivity index (χ3v) is 26.5. The molecule has 3 aliphatic rings. The van der Waals surface area contributed by atoms with Crippen molar-refractivity contribution in [2.45, 2.75) is 241 Å². The Balaban J connectivity index is 1.09. The molecule has 17 amide bonds. The summed E-state index contributed by atoms with van der Waals surface area (Å²) < 4.78 is 0.829. The average Bonchev–Trinajstić information content (AvgIpc) is 1.39. The number of hydrogen-bond acceptors (Lipinski definition) is 23. The van der Waals surface area contributed by atoms with E-state index in [4.69, 9.17) is 22.6 Å². The van der Waals surface area contributed by atoms with E-state index < -0.39 is 216 Å². The molecule has 0 bridgehead atoms. The number of thiophene rings is 1. The topological polar surface area (TPSA) is 626 Å². The molecule has 3 saturated heterocycles. The maximum absolute atomic E-state index is 15.8. The van der Waals surface area contributed by atoms with E-state index in [-0.39, 0.29) is 127 Å². The van der Waals surface area contributed by atoms with Crippen LogP contribution >= 0.6 is 23.1 Å². The molecule has 6 heterocycles. The highest BCUT2D eigenvalue weighted by Crippen LogP contribution is 2.30. The number of rotatable bonds is 26. The summed E-state index contributed by atoms with van der Waals surface area (Å²) in [6, 6.07) is -0.703. The molecular formula is C92H129N23O19S2. The first kappa shape index (κ1) is 106. The third kappa shape index (κ3) is 29.9. The van der Waals surface area contributed by atoms with Crippen LogP contribution in [-0.2, 0) is 107 Å². The maximum Gasteiger partial charge on any atom is 0.246 e. The Hall–Kier alpha value is -13.3. The molecule has 3 aromatic heterocycles. The zero-order chi connectivity index (χ0) is 99.1. The second-order valence-corrected chi connectivity index (χ2v) is 37.0. The van der Waals surface area contributed by atoms with E-state index in [0.717, 1.165) is 31.6 Å². The summed E-state index contributed by atoms with van der Waals surface area (Å²) in [5.74, 6) is -16.4. The van der Waals surface area contributed by atoms with E-state index >= 15 is 38.4 Å². The molecule has 42 nitrogen and oxygen atoms in total. The lowest BCUT2D eigenvalue weighted by Crippen LogP contribution is -2.62. The number of amides is 17. The number of imidazole rings is 1. The fourth-order valence-corrected chi connectivity index (χ4v) is 18.7. The Bertz CT molecular complexity index is 5230. The van der Waals surface area contributed by atoms with Crippen LogP contribution in [0.1, 0.15) is 153 Å². The lowest BCUT2D eigenvalue weighted by molar-refractivity contribution is -0.149. The van der Waals surface area contributed by atoms with Crippen LogP contribution in [-0.4, -0.2) is 306 Å². The number of guanidine groups is 1. The van der Waals surface area contributed by atoms with Gasteiger partial charge in [0.15, 0.2) is 5.96 Å². The van der Waals surface area contributed by atoms with E-state index in [9.17, 15) is 53.4 Å². The van der Waals surface area contributed by atoms with Gasteiger partial charge < -0.3 is 120 Å². The lowest BCUT2D eigenvalue weighted by atomic mass is 10.00. The third-order valence-electron chi connectivity index (χ3n) is 24.4. The zero-order valence-corrected chi connectivity index (χ0v) is 79.5. The van der Waals surface area contributed by atoms with Crippen LogP contribution in [0.4, 0.5) is 0 Å². The number of thioether (sulfide) groups is 1. The number of carbonyl (C=O) groups is 17. The average molecular weight is 1930 g/mol. The monoisotopic (exact) mass is 1920 g/mol. The number of hydrogen-bond donors (Lipinski definition) is 19. The van der Waals surface area contributed by atoms with Gasteiger partial charge in [0.1, 0.15) is 90.3 Å². The summed E-state index contributed by atoms with van der Waals surface area (Å²) in [6.45, 7) is 6.78. The Morgan fingerprint density at radius 1 is 0.544 bits per heavy atom. The number of nitrogens with two attached hydrogens (primary N) is 3. The fourth-order valence-electron chi connectivity index (χ4n) is 16.9.